The van der Waals surface area contributed by atoms with Crippen LogP contribution in [0.25, 0.3) is 0 Å². The van der Waals surface area contributed by atoms with Gasteiger partial charge in [-0.05, 0) is 18.6 Å². The van der Waals surface area contributed by atoms with Gasteiger partial charge in [0.2, 0.25) is 0 Å². The molecule has 1 aromatic rings. The van der Waals surface area contributed by atoms with Crippen LogP contribution in [0.1, 0.15) is 18.2 Å². The molecule has 15 heavy (non-hydrogen) atoms. The van der Waals surface area contributed by atoms with Crippen LogP contribution in [0.3, 0.4) is 0 Å². The maximum Gasteiger partial charge on any atom is 0.116 e. The lowest BCUT2D eigenvalue weighted by molar-refractivity contribution is 0.527. The van der Waals surface area contributed by atoms with Crippen molar-refractivity contribution in [3.05, 3.63) is 36.3 Å². The second kappa shape index (κ2) is 6.75. The van der Waals surface area contributed by atoms with Gasteiger partial charge in [-0.15, -0.1) is 18.3 Å². The third kappa shape index (κ3) is 4.58. The summed E-state index contributed by atoms with van der Waals surface area (Å²) in [5, 5.41) is 3.90. The summed E-state index contributed by atoms with van der Waals surface area (Å²) in [5.74, 6) is 2.05. The smallest absolute Gasteiger partial charge is 0.116 e. The average Bonchev–Trinajstić information content (AvgIpc) is 2.61. The summed E-state index contributed by atoms with van der Waals surface area (Å²) in [5.41, 5.74) is 1.24. The van der Waals surface area contributed by atoms with Crippen molar-refractivity contribution in [2.24, 2.45) is 0 Å². The quantitative estimate of drug-likeness (QED) is 0.570. The molecule has 1 rings (SSSR count). The van der Waals surface area contributed by atoms with Gasteiger partial charge in [0, 0.05) is 18.3 Å². The van der Waals surface area contributed by atoms with Gasteiger partial charge in [0.15, 0.2) is 0 Å². The highest BCUT2D eigenvalue weighted by molar-refractivity contribution is 7.99. The minimum Gasteiger partial charge on any atom is -0.468 e. The molecule has 0 aliphatic rings. The predicted molar refractivity (Wildman–Crippen MR) is 67.3 cm³/mol. The fourth-order valence-electron chi connectivity index (χ4n) is 1.22. The van der Waals surface area contributed by atoms with E-state index in [9.17, 15) is 0 Å². The Bertz CT molecular complexity index is 296. The maximum atomic E-state index is 5.38. The van der Waals surface area contributed by atoms with E-state index in [0.717, 1.165) is 24.6 Å². The van der Waals surface area contributed by atoms with Crippen LogP contribution < -0.4 is 5.32 Å². The standard InChI is InChI=1S/C12H19NOS/c1-4-6-13-8-11(3)15-9-12-10(2)5-7-14-12/h4-5,7,11,13H,1,6,8-9H2,2-3H3. The van der Waals surface area contributed by atoms with Crippen LogP contribution >= 0.6 is 11.8 Å². The van der Waals surface area contributed by atoms with Gasteiger partial charge in [-0.25, -0.2) is 0 Å². The van der Waals surface area contributed by atoms with Crippen molar-refractivity contribution in [1.29, 1.82) is 0 Å². The number of hydrogen-bond donors (Lipinski definition) is 1. The van der Waals surface area contributed by atoms with E-state index < -0.39 is 0 Å². The number of hydrogen-bond acceptors (Lipinski definition) is 3. The van der Waals surface area contributed by atoms with Crippen molar-refractivity contribution < 1.29 is 4.42 Å². The molecule has 0 fully saturated rings. The van der Waals surface area contributed by atoms with E-state index in [1.54, 1.807) is 6.26 Å². The van der Waals surface area contributed by atoms with Crippen LogP contribution in [-0.4, -0.2) is 18.3 Å². The Morgan fingerprint density at radius 1 is 1.67 bits per heavy atom. The molecule has 2 nitrogen and oxygen atoms in total. The molecule has 1 aromatic heterocycles. The van der Waals surface area contributed by atoms with Crippen LogP contribution in [0.5, 0.6) is 0 Å². The minimum absolute atomic E-state index is 0.592. The molecular weight excluding hydrogens is 206 g/mol. The Balaban J connectivity index is 2.19. The first-order chi connectivity index (χ1) is 7.24. The summed E-state index contributed by atoms with van der Waals surface area (Å²) in [6.07, 6.45) is 3.64. The van der Waals surface area contributed by atoms with E-state index in [4.69, 9.17) is 4.42 Å². The summed E-state index contributed by atoms with van der Waals surface area (Å²) >= 11 is 1.91. The van der Waals surface area contributed by atoms with Gasteiger partial charge >= 0.3 is 0 Å². The zero-order valence-corrected chi connectivity index (χ0v) is 10.3. The zero-order chi connectivity index (χ0) is 11.1. The summed E-state index contributed by atoms with van der Waals surface area (Å²) in [6, 6.07) is 2.01. The van der Waals surface area contributed by atoms with Crippen molar-refractivity contribution in [2.45, 2.75) is 24.9 Å². The van der Waals surface area contributed by atoms with Gasteiger partial charge in [0.1, 0.15) is 5.76 Å². The highest BCUT2D eigenvalue weighted by atomic mass is 32.2. The molecule has 1 heterocycles. The fraction of sp³-hybridized carbons (Fsp3) is 0.500. The lowest BCUT2D eigenvalue weighted by Gasteiger charge is -2.10. The normalized spacial score (nSPS) is 12.7. The van der Waals surface area contributed by atoms with Crippen molar-refractivity contribution >= 4 is 11.8 Å². The van der Waals surface area contributed by atoms with Gasteiger partial charge < -0.3 is 9.73 Å². The Morgan fingerprint density at radius 2 is 2.47 bits per heavy atom. The average molecular weight is 225 g/mol. The molecule has 0 aromatic carbocycles. The first kappa shape index (κ1) is 12.4. The molecule has 1 atom stereocenters. The first-order valence-corrected chi connectivity index (χ1v) is 6.25. The number of nitrogens with one attached hydrogen (secondary N) is 1. The van der Waals surface area contributed by atoms with E-state index >= 15 is 0 Å². The Hall–Kier alpha value is -0.670. The van der Waals surface area contributed by atoms with Crippen molar-refractivity contribution in [3.63, 3.8) is 0 Å². The van der Waals surface area contributed by atoms with E-state index in [2.05, 4.69) is 25.7 Å². The lowest BCUT2D eigenvalue weighted by atomic mass is 10.3. The molecule has 1 unspecified atom stereocenters. The molecule has 0 aliphatic heterocycles. The predicted octanol–water partition coefficient (Wildman–Crippen LogP) is 2.99. The van der Waals surface area contributed by atoms with Gasteiger partial charge in [0.25, 0.3) is 0 Å². The third-order valence-electron chi connectivity index (χ3n) is 2.19. The van der Waals surface area contributed by atoms with Crippen molar-refractivity contribution in [1.82, 2.24) is 5.32 Å². The third-order valence-corrected chi connectivity index (χ3v) is 3.35. The number of aryl methyl sites for hydroxylation is 1. The minimum atomic E-state index is 0.592. The summed E-state index contributed by atoms with van der Waals surface area (Å²) in [7, 11) is 0. The van der Waals surface area contributed by atoms with Crippen LogP contribution in [0, 0.1) is 6.92 Å². The molecule has 3 heteroatoms. The van der Waals surface area contributed by atoms with Gasteiger partial charge in [0.05, 0.1) is 12.0 Å². The highest BCUT2D eigenvalue weighted by Crippen LogP contribution is 2.20. The van der Waals surface area contributed by atoms with Gasteiger partial charge in [-0.2, -0.15) is 0 Å². The zero-order valence-electron chi connectivity index (χ0n) is 9.45. The molecule has 0 bridgehead atoms. The molecule has 0 saturated carbocycles. The van der Waals surface area contributed by atoms with E-state index in [-0.39, 0.29) is 0 Å². The molecule has 0 radical (unpaired) electrons. The topological polar surface area (TPSA) is 25.2 Å². The second-order valence-electron chi connectivity index (χ2n) is 3.60. The lowest BCUT2D eigenvalue weighted by Crippen LogP contribution is -2.22. The van der Waals surface area contributed by atoms with E-state index in [1.807, 2.05) is 23.9 Å². The number of furan rings is 1. The number of thioether (sulfide) groups is 1. The largest absolute Gasteiger partial charge is 0.468 e. The molecule has 0 saturated heterocycles. The monoisotopic (exact) mass is 225 g/mol. The Morgan fingerprint density at radius 3 is 3.07 bits per heavy atom. The van der Waals surface area contributed by atoms with Crippen LogP contribution in [-0.2, 0) is 5.75 Å². The molecular formula is C12H19NOS. The molecule has 0 amide bonds. The summed E-state index contributed by atoms with van der Waals surface area (Å²) in [6.45, 7) is 9.87. The van der Waals surface area contributed by atoms with Gasteiger partial charge in [-0.1, -0.05) is 13.0 Å². The van der Waals surface area contributed by atoms with E-state index in [0.29, 0.717) is 5.25 Å². The van der Waals surface area contributed by atoms with Crippen LogP contribution in [0.15, 0.2) is 29.4 Å². The van der Waals surface area contributed by atoms with E-state index in [1.165, 1.54) is 5.56 Å². The molecule has 84 valence electrons. The van der Waals surface area contributed by atoms with Crippen LogP contribution in [0.2, 0.25) is 0 Å². The molecule has 0 spiro atoms. The number of rotatable bonds is 7. The Kier molecular flexibility index (Phi) is 5.58. The highest BCUT2D eigenvalue weighted by Gasteiger charge is 2.06. The fourth-order valence-corrected chi connectivity index (χ4v) is 2.18. The molecule has 1 N–H and O–H groups in total. The van der Waals surface area contributed by atoms with Crippen LogP contribution in [0.4, 0.5) is 0 Å². The maximum absolute atomic E-state index is 5.38. The first-order valence-electron chi connectivity index (χ1n) is 5.20. The summed E-state index contributed by atoms with van der Waals surface area (Å²) in [4.78, 5) is 0. The van der Waals surface area contributed by atoms with Crippen molar-refractivity contribution in [3.8, 4) is 0 Å². The summed E-state index contributed by atoms with van der Waals surface area (Å²) < 4.78 is 5.38. The SMILES string of the molecule is C=CCNCC(C)SCc1occc1C. The second-order valence-corrected chi connectivity index (χ2v) is 5.02. The van der Waals surface area contributed by atoms with Gasteiger partial charge in [-0.3, -0.25) is 0 Å². The van der Waals surface area contributed by atoms with Crippen molar-refractivity contribution in [2.75, 3.05) is 13.1 Å². The molecule has 0 aliphatic carbocycles. The Labute approximate surface area is 96.1 Å².